The number of aromatic nitrogens is 2. The van der Waals surface area contributed by atoms with Gasteiger partial charge in [0.15, 0.2) is 5.00 Å². The molecule has 21 heavy (non-hydrogen) atoms. The van der Waals surface area contributed by atoms with Crippen molar-refractivity contribution in [2.75, 3.05) is 11.9 Å². The van der Waals surface area contributed by atoms with Gasteiger partial charge in [-0.05, 0) is 18.6 Å². The highest BCUT2D eigenvalue weighted by atomic mass is 32.1. The summed E-state index contributed by atoms with van der Waals surface area (Å²) in [6, 6.07) is 9.41. The largest absolute Gasteiger partial charge is 0.461 e. The second-order valence-corrected chi connectivity index (χ2v) is 4.66. The van der Waals surface area contributed by atoms with Crippen LogP contribution >= 0.6 is 11.5 Å². The van der Waals surface area contributed by atoms with Crippen molar-refractivity contribution in [1.82, 2.24) is 9.59 Å². The summed E-state index contributed by atoms with van der Waals surface area (Å²) in [6.07, 6.45) is 3.05. The molecule has 0 atom stereocenters. The van der Waals surface area contributed by atoms with Crippen molar-refractivity contribution < 1.29 is 14.3 Å². The van der Waals surface area contributed by atoms with Crippen LogP contribution in [-0.4, -0.2) is 28.1 Å². The number of anilines is 1. The third-order valence-electron chi connectivity index (χ3n) is 2.42. The number of hydrogen-bond acceptors (Lipinski definition) is 6. The van der Waals surface area contributed by atoms with Crippen molar-refractivity contribution in [3.63, 3.8) is 0 Å². The number of carbonyl (C=O) groups excluding carboxylic acids is 2. The molecule has 0 aliphatic carbocycles. The van der Waals surface area contributed by atoms with E-state index in [9.17, 15) is 9.59 Å². The van der Waals surface area contributed by atoms with Crippen LogP contribution < -0.4 is 5.32 Å². The van der Waals surface area contributed by atoms with E-state index in [1.54, 1.807) is 13.0 Å². The van der Waals surface area contributed by atoms with E-state index in [0.717, 1.165) is 17.1 Å². The molecular weight excluding hydrogens is 290 g/mol. The van der Waals surface area contributed by atoms with Crippen LogP contribution in [0.5, 0.6) is 0 Å². The fraction of sp³-hybridized carbons (Fsp3) is 0.143. The minimum atomic E-state index is -0.603. The van der Waals surface area contributed by atoms with E-state index in [-0.39, 0.29) is 23.2 Å². The van der Waals surface area contributed by atoms with E-state index in [2.05, 4.69) is 14.9 Å². The van der Waals surface area contributed by atoms with E-state index >= 15 is 0 Å². The van der Waals surface area contributed by atoms with E-state index in [4.69, 9.17) is 4.74 Å². The summed E-state index contributed by atoms with van der Waals surface area (Å²) in [7, 11) is 0. The van der Waals surface area contributed by atoms with Crippen molar-refractivity contribution in [3.05, 3.63) is 47.7 Å². The molecule has 1 aromatic heterocycles. The number of amides is 1. The molecule has 1 N–H and O–H groups in total. The minimum Gasteiger partial charge on any atom is -0.461 e. The van der Waals surface area contributed by atoms with Gasteiger partial charge in [0.1, 0.15) is 0 Å². The van der Waals surface area contributed by atoms with E-state index in [1.165, 1.54) is 6.08 Å². The van der Waals surface area contributed by atoms with Crippen molar-refractivity contribution >= 4 is 34.5 Å². The maximum atomic E-state index is 11.8. The number of nitrogens with zero attached hydrogens (tertiary/aromatic N) is 2. The lowest BCUT2D eigenvalue weighted by Gasteiger charge is -2.01. The molecule has 6 nitrogen and oxygen atoms in total. The molecule has 0 aliphatic rings. The van der Waals surface area contributed by atoms with E-state index in [1.807, 2.05) is 30.3 Å². The number of benzene rings is 1. The Labute approximate surface area is 125 Å². The monoisotopic (exact) mass is 303 g/mol. The Morgan fingerprint density at radius 3 is 2.81 bits per heavy atom. The first-order valence-electron chi connectivity index (χ1n) is 6.24. The molecule has 0 saturated heterocycles. The molecule has 2 aromatic rings. The molecule has 1 heterocycles. The number of rotatable bonds is 5. The Kier molecular flexibility index (Phi) is 5.16. The van der Waals surface area contributed by atoms with Crippen LogP contribution in [0.15, 0.2) is 36.4 Å². The summed E-state index contributed by atoms with van der Waals surface area (Å²) in [6.45, 7) is 1.93. The Bertz CT molecular complexity index is 652. The van der Waals surface area contributed by atoms with Crippen LogP contribution in [-0.2, 0) is 9.53 Å². The molecule has 0 aliphatic heterocycles. The summed E-state index contributed by atoms with van der Waals surface area (Å²) in [4.78, 5) is 23.4. The third-order valence-corrected chi connectivity index (χ3v) is 3.06. The van der Waals surface area contributed by atoms with Gasteiger partial charge >= 0.3 is 5.97 Å². The lowest BCUT2D eigenvalue weighted by atomic mass is 10.2. The van der Waals surface area contributed by atoms with Gasteiger partial charge in [0.25, 0.3) is 0 Å². The summed E-state index contributed by atoms with van der Waals surface area (Å²) < 4.78 is 8.48. The van der Waals surface area contributed by atoms with Gasteiger partial charge in [-0.15, -0.1) is 5.10 Å². The average Bonchev–Trinajstić information content (AvgIpc) is 2.95. The van der Waals surface area contributed by atoms with Gasteiger partial charge in [-0.25, -0.2) is 4.79 Å². The summed E-state index contributed by atoms with van der Waals surface area (Å²) >= 11 is 0.926. The predicted molar refractivity (Wildman–Crippen MR) is 80.0 cm³/mol. The van der Waals surface area contributed by atoms with E-state index in [0.29, 0.717) is 0 Å². The lowest BCUT2D eigenvalue weighted by Crippen LogP contribution is -2.12. The molecule has 1 amide bonds. The Hall–Kier alpha value is -2.54. The van der Waals surface area contributed by atoms with Gasteiger partial charge < -0.3 is 10.1 Å². The fourth-order valence-electron chi connectivity index (χ4n) is 1.50. The number of esters is 1. The van der Waals surface area contributed by atoms with Crippen molar-refractivity contribution in [3.8, 4) is 0 Å². The first-order valence-corrected chi connectivity index (χ1v) is 7.01. The van der Waals surface area contributed by atoms with Crippen molar-refractivity contribution in [1.29, 1.82) is 0 Å². The average molecular weight is 303 g/mol. The Morgan fingerprint density at radius 2 is 2.10 bits per heavy atom. The van der Waals surface area contributed by atoms with Gasteiger partial charge in [0.05, 0.1) is 6.61 Å². The number of ether oxygens (including phenoxy) is 1. The number of nitrogens with one attached hydrogen (secondary N) is 1. The highest BCUT2D eigenvalue weighted by Crippen LogP contribution is 2.18. The number of carbonyl (C=O) groups is 2. The second kappa shape index (κ2) is 7.30. The summed E-state index contributed by atoms with van der Waals surface area (Å²) in [5.74, 6) is -0.968. The first-order chi connectivity index (χ1) is 10.2. The van der Waals surface area contributed by atoms with Gasteiger partial charge in [0.2, 0.25) is 11.6 Å². The first kappa shape index (κ1) is 14.9. The van der Waals surface area contributed by atoms with Crippen LogP contribution in [0, 0.1) is 0 Å². The molecule has 1 aromatic carbocycles. The molecule has 2 rings (SSSR count). The molecule has 0 fully saturated rings. The van der Waals surface area contributed by atoms with Crippen molar-refractivity contribution in [2.45, 2.75) is 6.92 Å². The van der Waals surface area contributed by atoms with Crippen LogP contribution in [0.2, 0.25) is 0 Å². The molecular formula is C14H13N3O3S. The fourth-order valence-corrected chi connectivity index (χ4v) is 2.06. The van der Waals surface area contributed by atoms with Crippen molar-refractivity contribution in [2.24, 2.45) is 0 Å². The van der Waals surface area contributed by atoms with Gasteiger partial charge in [0, 0.05) is 17.6 Å². The maximum absolute atomic E-state index is 11.8. The normalized spacial score (nSPS) is 10.5. The number of hydrogen-bond donors (Lipinski definition) is 1. The predicted octanol–water partition coefficient (Wildman–Crippen LogP) is 2.37. The topological polar surface area (TPSA) is 81.2 Å². The lowest BCUT2D eigenvalue weighted by molar-refractivity contribution is -0.111. The quantitative estimate of drug-likeness (QED) is 0.677. The Balaban J connectivity index is 2.02. The molecule has 108 valence electrons. The summed E-state index contributed by atoms with van der Waals surface area (Å²) in [5, 5.41) is 6.50. The molecule has 0 radical (unpaired) electrons. The third kappa shape index (κ3) is 4.22. The Morgan fingerprint density at radius 1 is 1.33 bits per heavy atom. The standard InChI is InChI=1S/C14H13N3O3S/c1-2-20-14(19)12-13(21-17-16-12)15-11(18)9-8-10-6-4-3-5-7-10/h3-9H,2H2,1H3,(H,15,18). The SMILES string of the molecule is CCOC(=O)c1nnsc1NC(=O)C=Cc1ccccc1. The van der Waals surface area contributed by atoms with Crippen LogP contribution in [0.4, 0.5) is 5.00 Å². The molecule has 0 bridgehead atoms. The van der Waals surface area contributed by atoms with Gasteiger partial charge in [-0.1, -0.05) is 34.8 Å². The zero-order valence-corrected chi connectivity index (χ0v) is 12.1. The smallest absolute Gasteiger partial charge is 0.362 e. The molecule has 0 saturated carbocycles. The highest BCUT2D eigenvalue weighted by molar-refractivity contribution is 7.10. The zero-order valence-electron chi connectivity index (χ0n) is 11.3. The summed E-state index contributed by atoms with van der Waals surface area (Å²) in [5.41, 5.74) is 0.920. The van der Waals surface area contributed by atoms with Crippen LogP contribution in [0.1, 0.15) is 23.0 Å². The van der Waals surface area contributed by atoms with Crippen LogP contribution in [0.3, 0.4) is 0 Å². The molecule has 7 heteroatoms. The zero-order chi connectivity index (χ0) is 15.1. The van der Waals surface area contributed by atoms with Crippen LogP contribution in [0.25, 0.3) is 6.08 Å². The molecule has 0 unspecified atom stereocenters. The highest BCUT2D eigenvalue weighted by Gasteiger charge is 2.18. The van der Waals surface area contributed by atoms with E-state index < -0.39 is 5.97 Å². The molecule has 0 spiro atoms. The van der Waals surface area contributed by atoms with Gasteiger partial charge in [-0.3, -0.25) is 4.79 Å². The second-order valence-electron chi connectivity index (χ2n) is 3.90. The van der Waals surface area contributed by atoms with Gasteiger partial charge in [-0.2, -0.15) is 0 Å². The maximum Gasteiger partial charge on any atom is 0.362 e. The minimum absolute atomic E-state index is 0.0170.